The van der Waals surface area contributed by atoms with Gasteiger partial charge in [0.05, 0.1) is 11.3 Å². The number of H-pyrrole nitrogens is 1. The molecule has 3 aromatic rings. The fourth-order valence-electron chi connectivity index (χ4n) is 2.47. The highest BCUT2D eigenvalue weighted by Crippen LogP contribution is 2.34. The van der Waals surface area contributed by atoms with Crippen molar-refractivity contribution in [3.8, 4) is 11.3 Å². The maximum absolute atomic E-state index is 10.8. The van der Waals surface area contributed by atoms with Crippen LogP contribution in [0.1, 0.15) is 34.3 Å². The molecule has 22 heavy (non-hydrogen) atoms. The molecule has 0 fully saturated rings. The lowest BCUT2D eigenvalue weighted by Gasteiger charge is -2.05. The Balaban J connectivity index is 2.10. The molecule has 0 aliphatic rings. The molecule has 1 N–H and O–H groups in total. The summed E-state index contributed by atoms with van der Waals surface area (Å²) in [5.41, 5.74) is 4.82. The fraction of sp³-hybridized carbons (Fsp3) is 0.111. The van der Waals surface area contributed by atoms with Crippen molar-refractivity contribution in [1.82, 2.24) is 10.1 Å². The molecule has 0 unspecified atom stereocenters. The molecule has 0 aliphatic carbocycles. The lowest BCUT2D eigenvalue weighted by atomic mass is 9.95. The van der Waals surface area contributed by atoms with Gasteiger partial charge in [0.2, 0.25) is 0 Å². The normalized spacial score (nSPS) is 10.6. The van der Waals surface area contributed by atoms with Crippen molar-refractivity contribution in [1.29, 1.82) is 0 Å². The largest absolute Gasteiger partial charge is 0.360 e. The number of hydrogen-bond donors (Lipinski definition) is 1. The zero-order valence-corrected chi connectivity index (χ0v) is 12.3. The van der Waals surface area contributed by atoms with Crippen LogP contribution < -0.4 is 0 Å². The minimum atomic E-state index is 0.520. The van der Waals surface area contributed by atoms with Crippen LogP contribution in [0.4, 0.5) is 0 Å². The molecule has 1 aromatic carbocycles. The van der Waals surface area contributed by atoms with Gasteiger partial charge in [-0.25, -0.2) is 0 Å². The molecule has 4 nitrogen and oxygen atoms in total. The van der Waals surface area contributed by atoms with Gasteiger partial charge < -0.3 is 9.51 Å². The van der Waals surface area contributed by atoms with Crippen LogP contribution in [0.5, 0.6) is 0 Å². The summed E-state index contributed by atoms with van der Waals surface area (Å²) in [5, 5.41) is 4.22. The van der Waals surface area contributed by atoms with Crippen LogP contribution >= 0.6 is 0 Å². The van der Waals surface area contributed by atoms with Gasteiger partial charge in [-0.05, 0) is 11.6 Å². The monoisotopic (exact) mass is 292 g/mol. The number of carbonyl (C=O) groups excluding carboxylic acids is 1. The van der Waals surface area contributed by atoms with Crippen molar-refractivity contribution in [3.05, 3.63) is 71.8 Å². The topological polar surface area (TPSA) is 58.9 Å². The number of nitrogens with zero attached hydrogens (tertiary/aromatic N) is 1. The SMILES string of the molecule is C=C(c1c[nH]c(C=O)c1)c1c(-c2ccccc2)noc1CC. The third-order valence-electron chi connectivity index (χ3n) is 3.61. The predicted molar refractivity (Wildman–Crippen MR) is 85.6 cm³/mol. The molecule has 2 heterocycles. The van der Waals surface area contributed by atoms with E-state index in [0.29, 0.717) is 5.69 Å². The van der Waals surface area contributed by atoms with E-state index in [2.05, 4.69) is 16.7 Å². The molecule has 0 saturated carbocycles. The number of carbonyl (C=O) groups is 1. The van der Waals surface area contributed by atoms with Crippen LogP contribution in [0, 0.1) is 0 Å². The van der Waals surface area contributed by atoms with E-state index in [-0.39, 0.29) is 0 Å². The average Bonchev–Trinajstić information content (AvgIpc) is 3.21. The molecular formula is C18H16N2O2. The molecule has 4 heteroatoms. The Morgan fingerprint density at radius 3 is 2.77 bits per heavy atom. The molecule has 0 aliphatic heterocycles. The third-order valence-corrected chi connectivity index (χ3v) is 3.61. The fourth-order valence-corrected chi connectivity index (χ4v) is 2.47. The summed E-state index contributed by atoms with van der Waals surface area (Å²) in [6.45, 7) is 6.19. The Hall–Kier alpha value is -2.88. The van der Waals surface area contributed by atoms with Crippen LogP contribution in [0.25, 0.3) is 16.8 Å². The van der Waals surface area contributed by atoms with Gasteiger partial charge in [0.15, 0.2) is 6.29 Å². The summed E-state index contributed by atoms with van der Waals surface area (Å²) in [6.07, 6.45) is 3.27. The minimum Gasteiger partial charge on any atom is -0.360 e. The minimum absolute atomic E-state index is 0.520. The number of aromatic nitrogens is 2. The van der Waals surface area contributed by atoms with E-state index in [1.807, 2.05) is 37.3 Å². The molecule has 0 saturated heterocycles. The van der Waals surface area contributed by atoms with Crippen molar-refractivity contribution in [3.63, 3.8) is 0 Å². The van der Waals surface area contributed by atoms with Crippen LogP contribution in [0.3, 0.4) is 0 Å². The van der Waals surface area contributed by atoms with Crippen molar-refractivity contribution in [2.24, 2.45) is 0 Å². The highest BCUT2D eigenvalue weighted by Gasteiger charge is 2.20. The smallest absolute Gasteiger partial charge is 0.166 e. The van der Waals surface area contributed by atoms with E-state index >= 15 is 0 Å². The van der Waals surface area contributed by atoms with E-state index in [4.69, 9.17) is 4.52 Å². The third kappa shape index (κ3) is 2.39. The lowest BCUT2D eigenvalue weighted by Crippen LogP contribution is -1.91. The second kappa shape index (κ2) is 5.85. The first-order chi connectivity index (χ1) is 10.7. The van der Waals surface area contributed by atoms with E-state index in [9.17, 15) is 4.79 Å². The molecule has 2 aromatic heterocycles. The number of benzene rings is 1. The van der Waals surface area contributed by atoms with E-state index < -0.39 is 0 Å². The molecule has 0 amide bonds. The summed E-state index contributed by atoms with van der Waals surface area (Å²) in [4.78, 5) is 13.8. The van der Waals surface area contributed by atoms with Crippen molar-refractivity contribution in [2.45, 2.75) is 13.3 Å². The van der Waals surface area contributed by atoms with Crippen LogP contribution in [-0.2, 0) is 6.42 Å². The van der Waals surface area contributed by atoms with Gasteiger partial charge in [0.25, 0.3) is 0 Å². The Morgan fingerprint density at radius 1 is 1.36 bits per heavy atom. The summed E-state index contributed by atoms with van der Waals surface area (Å²) in [6, 6.07) is 11.6. The quantitative estimate of drug-likeness (QED) is 0.720. The molecule has 3 rings (SSSR count). The molecule has 0 bridgehead atoms. The van der Waals surface area contributed by atoms with Gasteiger partial charge in [-0.15, -0.1) is 0 Å². The van der Waals surface area contributed by atoms with Crippen molar-refractivity contribution >= 4 is 11.9 Å². The van der Waals surface area contributed by atoms with Gasteiger partial charge >= 0.3 is 0 Å². The van der Waals surface area contributed by atoms with Gasteiger partial charge in [-0.3, -0.25) is 4.79 Å². The van der Waals surface area contributed by atoms with Crippen LogP contribution in [0.15, 0.2) is 53.7 Å². The Morgan fingerprint density at radius 2 is 2.14 bits per heavy atom. The first kappa shape index (κ1) is 14.1. The number of aldehydes is 1. The number of hydrogen-bond acceptors (Lipinski definition) is 3. The maximum Gasteiger partial charge on any atom is 0.166 e. The van der Waals surface area contributed by atoms with Crippen molar-refractivity contribution < 1.29 is 9.32 Å². The van der Waals surface area contributed by atoms with Gasteiger partial charge in [0.1, 0.15) is 11.5 Å². The predicted octanol–water partition coefficient (Wildman–Crippen LogP) is 4.11. The van der Waals surface area contributed by atoms with Crippen LogP contribution in [0.2, 0.25) is 0 Å². The molecule has 0 spiro atoms. The average molecular weight is 292 g/mol. The number of aromatic amines is 1. The summed E-state index contributed by atoms with van der Waals surface area (Å²) >= 11 is 0. The molecular weight excluding hydrogens is 276 g/mol. The molecule has 0 atom stereocenters. The number of nitrogens with one attached hydrogen (secondary N) is 1. The summed E-state index contributed by atoms with van der Waals surface area (Å²) in [5.74, 6) is 0.790. The number of aryl methyl sites for hydroxylation is 1. The van der Waals surface area contributed by atoms with E-state index in [1.165, 1.54) is 0 Å². The Bertz CT molecular complexity index is 813. The van der Waals surface area contributed by atoms with Crippen molar-refractivity contribution in [2.75, 3.05) is 0 Å². The Labute approximate surface area is 128 Å². The highest BCUT2D eigenvalue weighted by atomic mass is 16.5. The zero-order valence-electron chi connectivity index (χ0n) is 12.3. The highest BCUT2D eigenvalue weighted by molar-refractivity contribution is 5.88. The van der Waals surface area contributed by atoms with E-state index in [0.717, 1.165) is 46.4 Å². The first-order valence-electron chi connectivity index (χ1n) is 7.11. The maximum atomic E-state index is 10.8. The second-order valence-corrected chi connectivity index (χ2v) is 4.99. The zero-order chi connectivity index (χ0) is 15.5. The van der Waals surface area contributed by atoms with Gasteiger partial charge in [0, 0.05) is 23.7 Å². The second-order valence-electron chi connectivity index (χ2n) is 4.99. The Kier molecular flexibility index (Phi) is 3.74. The standard InChI is InChI=1S/C18H16N2O2/c1-3-16-17(12(2)14-9-15(11-21)19-10-14)18(20-22-16)13-7-5-4-6-8-13/h4-11,19H,2-3H2,1H3. The van der Waals surface area contributed by atoms with Gasteiger partial charge in [-0.2, -0.15) is 0 Å². The lowest BCUT2D eigenvalue weighted by molar-refractivity contribution is 0.111. The van der Waals surface area contributed by atoms with Gasteiger partial charge in [-0.1, -0.05) is 49.0 Å². The first-order valence-corrected chi connectivity index (χ1v) is 7.11. The molecule has 0 radical (unpaired) electrons. The van der Waals surface area contributed by atoms with E-state index in [1.54, 1.807) is 12.3 Å². The summed E-state index contributed by atoms with van der Waals surface area (Å²) in [7, 11) is 0. The van der Waals surface area contributed by atoms with Crippen LogP contribution in [-0.4, -0.2) is 16.4 Å². The molecule has 110 valence electrons. The number of rotatable bonds is 5. The summed E-state index contributed by atoms with van der Waals surface area (Å²) < 4.78 is 5.48.